The van der Waals surface area contributed by atoms with Crippen LogP contribution in [-0.2, 0) is 0 Å². The number of furan rings is 1. The fraction of sp³-hybridized carbons (Fsp3) is 0. The monoisotopic (exact) mass is 578 g/mol. The molecule has 0 aliphatic rings. The molecule has 0 spiro atoms. The molecular weight excluding hydrogens is 548 g/mol. The minimum atomic E-state index is 0.893. The Morgan fingerprint density at radius 3 is 1.18 bits per heavy atom. The van der Waals surface area contributed by atoms with Crippen LogP contribution in [0.2, 0.25) is 0 Å². The smallest absolute Gasteiger partial charge is 0.135 e. The Balaban J connectivity index is 1.14. The van der Waals surface area contributed by atoms with Gasteiger partial charge < -0.3 is 14.2 Å². The van der Waals surface area contributed by atoms with Crippen LogP contribution in [0, 0.1) is 0 Å². The molecule has 0 N–H and O–H groups in total. The summed E-state index contributed by atoms with van der Waals surface area (Å²) in [6, 6.07) is 63.8. The average Bonchev–Trinajstić information content (AvgIpc) is 3.49. The second-order valence-corrected chi connectivity index (χ2v) is 11.0. The number of para-hydroxylation sites is 4. The van der Waals surface area contributed by atoms with E-state index >= 15 is 0 Å². The maximum absolute atomic E-state index is 6.12. The third kappa shape index (κ3) is 5.11. The summed E-state index contributed by atoms with van der Waals surface area (Å²) in [6.45, 7) is 0. The molecule has 0 unspecified atom stereocenters. The molecule has 0 saturated heterocycles. The Labute approximate surface area is 262 Å². The van der Waals surface area contributed by atoms with E-state index in [1.165, 1.54) is 11.1 Å². The van der Waals surface area contributed by atoms with Crippen molar-refractivity contribution < 1.29 is 4.42 Å². The fourth-order valence-electron chi connectivity index (χ4n) is 6.08. The van der Waals surface area contributed by atoms with Gasteiger partial charge in [0.05, 0.1) is 0 Å². The Morgan fingerprint density at radius 1 is 0.289 bits per heavy atom. The molecule has 3 nitrogen and oxygen atoms in total. The number of rotatable bonds is 7. The van der Waals surface area contributed by atoms with Crippen LogP contribution in [0.25, 0.3) is 33.1 Å². The Hall–Kier alpha value is -6.06. The maximum atomic E-state index is 6.12. The highest BCUT2D eigenvalue weighted by Crippen LogP contribution is 2.40. The van der Waals surface area contributed by atoms with Crippen LogP contribution in [0.5, 0.6) is 0 Å². The van der Waals surface area contributed by atoms with Gasteiger partial charge in [-0.15, -0.1) is 0 Å². The van der Waals surface area contributed by atoms with Gasteiger partial charge in [-0.1, -0.05) is 97.1 Å². The van der Waals surface area contributed by atoms with Gasteiger partial charge in [0, 0.05) is 44.9 Å². The zero-order valence-electron chi connectivity index (χ0n) is 24.6. The first-order valence-electron chi connectivity index (χ1n) is 15.2. The summed E-state index contributed by atoms with van der Waals surface area (Å²) in [5, 5.41) is 2.24. The van der Waals surface area contributed by atoms with E-state index < -0.39 is 0 Å². The van der Waals surface area contributed by atoms with Crippen molar-refractivity contribution in [2.75, 3.05) is 9.80 Å². The van der Waals surface area contributed by atoms with Crippen molar-refractivity contribution in [2.45, 2.75) is 0 Å². The molecule has 0 radical (unpaired) electrons. The second kappa shape index (κ2) is 11.6. The number of nitrogens with zero attached hydrogens (tertiary/aromatic N) is 2. The van der Waals surface area contributed by atoms with Crippen LogP contribution >= 0.6 is 0 Å². The van der Waals surface area contributed by atoms with Crippen molar-refractivity contribution in [2.24, 2.45) is 0 Å². The molecule has 7 aromatic carbocycles. The standard InChI is InChI=1S/C42H30N2O/c1-4-12-33(13-5-1)43(34-14-6-2-7-15-34)36-24-20-31(21-25-36)32-22-26-37(27-23-32)44(35-16-8-3-9-17-35)38-28-29-42-40(30-38)39-18-10-11-19-41(39)45-42/h1-30H. The first-order chi connectivity index (χ1) is 22.3. The summed E-state index contributed by atoms with van der Waals surface area (Å²) in [6.07, 6.45) is 0. The Kier molecular flexibility index (Phi) is 6.82. The summed E-state index contributed by atoms with van der Waals surface area (Å²) in [5.74, 6) is 0. The number of hydrogen-bond acceptors (Lipinski definition) is 3. The van der Waals surface area contributed by atoms with Crippen molar-refractivity contribution in [1.29, 1.82) is 0 Å². The summed E-state index contributed by atoms with van der Waals surface area (Å²) in [5.41, 5.74) is 10.8. The second-order valence-electron chi connectivity index (χ2n) is 11.0. The van der Waals surface area contributed by atoms with E-state index in [4.69, 9.17) is 4.42 Å². The van der Waals surface area contributed by atoms with E-state index in [2.05, 4.69) is 180 Å². The van der Waals surface area contributed by atoms with Crippen LogP contribution in [0.4, 0.5) is 34.1 Å². The zero-order valence-corrected chi connectivity index (χ0v) is 24.6. The van der Waals surface area contributed by atoms with Crippen LogP contribution in [0.3, 0.4) is 0 Å². The SMILES string of the molecule is c1ccc(N(c2ccccc2)c2ccc(-c3ccc(N(c4ccccc4)c4ccc5oc6ccccc6c5c4)cc3)cc2)cc1. The van der Waals surface area contributed by atoms with Gasteiger partial charge in [-0.05, 0) is 96.1 Å². The van der Waals surface area contributed by atoms with Crippen LogP contribution in [-0.4, -0.2) is 0 Å². The highest BCUT2D eigenvalue weighted by molar-refractivity contribution is 6.06. The number of fused-ring (bicyclic) bond motifs is 3. The van der Waals surface area contributed by atoms with Crippen molar-refractivity contribution in [3.8, 4) is 11.1 Å². The predicted octanol–water partition coefficient (Wildman–Crippen LogP) is 12.2. The first kappa shape index (κ1) is 26.6. The van der Waals surface area contributed by atoms with Gasteiger partial charge in [-0.3, -0.25) is 0 Å². The van der Waals surface area contributed by atoms with E-state index in [-0.39, 0.29) is 0 Å². The van der Waals surface area contributed by atoms with Gasteiger partial charge in [0.1, 0.15) is 11.2 Å². The number of benzene rings is 7. The van der Waals surface area contributed by atoms with Gasteiger partial charge in [0.25, 0.3) is 0 Å². The quantitative estimate of drug-likeness (QED) is 0.188. The van der Waals surface area contributed by atoms with Crippen molar-refractivity contribution >= 4 is 56.1 Å². The molecule has 3 heteroatoms. The fourth-order valence-corrected chi connectivity index (χ4v) is 6.08. The van der Waals surface area contributed by atoms with Crippen molar-refractivity contribution in [1.82, 2.24) is 0 Å². The molecule has 1 aromatic heterocycles. The van der Waals surface area contributed by atoms with Gasteiger partial charge in [-0.2, -0.15) is 0 Å². The molecule has 0 aliphatic carbocycles. The summed E-state index contributed by atoms with van der Waals surface area (Å²) in [7, 11) is 0. The van der Waals surface area contributed by atoms with E-state index in [0.717, 1.165) is 56.1 Å². The molecular formula is C42H30N2O. The van der Waals surface area contributed by atoms with Crippen molar-refractivity contribution in [3.05, 3.63) is 182 Å². The van der Waals surface area contributed by atoms with Crippen LogP contribution < -0.4 is 9.80 Å². The molecule has 8 aromatic rings. The van der Waals surface area contributed by atoms with E-state index in [1.54, 1.807) is 0 Å². The lowest BCUT2D eigenvalue weighted by Crippen LogP contribution is -2.09. The summed E-state index contributed by atoms with van der Waals surface area (Å²) < 4.78 is 6.12. The van der Waals surface area contributed by atoms with Crippen molar-refractivity contribution in [3.63, 3.8) is 0 Å². The zero-order chi connectivity index (χ0) is 30.0. The molecule has 0 amide bonds. The molecule has 0 atom stereocenters. The van der Waals surface area contributed by atoms with Crippen LogP contribution in [0.1, 0.15) is 0 Å². The largest absolute Gasteiger partial charge is 0.456 e. The molecule has 0 aliphatic heterocycles. The lowest BCUT2D eigenvalue weighted by molar-refractivity contribution is 0.669. The number of hydrogen-bond donors (Lipinski definition) is 0. The topological polar surface area (TPSA) is 19.6 Å². The minimum Gasteiger partial charge on any atom is -0.456 e. The van der Waals surface area contributed by atoms with E-state index in [9.17, 15) is 0 Å². The van der Waals surface area contributed by atoms with Gasteiger partial charge in [0.15, 0.2) is 0 Å². The first-order valence-corrected chi connectivity index (χ1v) is 15.2. The molecule has 0 fully saturated rings. The molecule has 1 heterocycles. The summed E-state index contributed by atoms with van der Waals surface area (Å²) in [4.78, 5) is 4.58. The highest BCUT2D eigenvalue weighted by atomic mass is 16.3. The molecule has 0 bridgehead atoms. The lowest BCUT2D eigenvalue weighted by Gasteiger charge is -2.26. The molecule has 8 rings (SSSR count). The maximum Gasteiger partial charge on any atom is 0.135 e. The van der Waals surface area contributed by atoms with Gasteiger partial charge in [-0.25, -0.2) is 0 Å². The minimum absolute atomic E-state index is 0.893. The predicted molar refractivity (Wildman–Crippen MR) is 189 cm³/mol. The Bertz CT molecular complexity index is 2150. The Morgan fingerprint density at radius 2 is 0.667 bits per heavy atom. The highest BCUT2D eigenvalue weighted by Gasteiger charge is 2.16. The molecule has 214 valence electrons. The third-order valence-electron chi connectivity index (χ3n) is 8.25. The van der Waals surface area contributed by atoms with Crippen LogP contribution in [0.15, 0.2) is 186 Å². The van der Waals surface area contributed by atoms with E-state index in [0.29, 0.717) is 0 Å². The number of anilines is 6. The molecule has 0 saturated carbocycles. The van der Waals surface area contributed by atoms with E-state index in [1.807, 2.05) is 12.1 Å². The van der Waals surface area contributed by atoms with Gasteiger partial charge >= 0.3 is 0 Å². The summed E-state index contributed by atoms with van der Waals surface area (Å²) >= 11 is 0. The third-order valence-corrected chi connectivity index (χ3v) is 8.25. The molecule has 45 heavy (non-hydrogen) atoms. The lowest BCUT2D eigenvalue weighted by atomic mass is 10.0. The van der Waals surface area contributed by atoms with Gasteiger partial charge in [0.2, 0.25) is 0 Å². The average molecular weight is 579 g/mol. The normalized spacial score (nSPS) is 11.1.